The fraction of sp³-hybridized carbons (Fsp3) is 0.714. The zero-order valence-electron chi connectivity index (χ0n) is 12.7. The van der Waals surface area contributed by atoms with E-state index in [9.17, 15) is 8.42 Å². The minimum Gasteiger partial charge on any atom is -0.363 e. The van der Waals surface area contributed by atoms with Crippen LogP contribution in [-0.4, -0.2) is 37.5 Å². The number of aromatic amines is 1. The second-order valence-electron chi connectivity index (χ2n) is 5.47. The Hall–Kier alpha value is -0.500. The van der Waals surface area contributed by atoms with Crippen molar-refractivity contribution in [1.82, 2.24) is 15.0 Å². The maximum atomic E-state index is 12.4. The average Bonchev–Trinajstić information content (AvgIpc) is 2.95. The molecule has 5 nitrogen and oxygen atoms in total. The summed E-state index contributed by atoms with van der Waals surface area (Å²) in [6.45, 7) is 3.54. The van der Waals surface area contributed by atoms with E-state index in [4.69, 9.17) is 0 Å². The molecule has 0 amide bonds. The molecule has 21 heavy (non-hydrogen) atoms. The minimum atomic E-state index is -3.40. The summed E-state index contributed by atoms with van der Waals surface area (Å²) in [4.78, 5) is 3.35. The van der Waals surface area contributed by atoms with Gasteiger partial charge in [-0.3, -0.25) is 0 Å². The van der Waals surface area contributed by atoms with Gasteiger partial charge in [-0.15, -0.1) is 0 Å². The van der Waals surface area contributed by atoms with Crippen LogP contribution in [0.15, 0.2) is 17.2 Å². The van der Waals surface area contributed by atoms with E-state index < -0.39 is 10.0 Å². The Morgan fingerprint density at radius 2 is 2.05 bits per heavy atom. The number of hydrogen-bond acceptors (Lipinski definition) is 4. The molecule has 7 heteroatoms. The van der Waals surface area contributed by atoms with Crippen molar-refractivity contribution in [2.75, 3.05) is 12.8 Å². The monoisotopic (exact) mass is 331 g/mol. The maximum absolute atomic E-state index is 12.4. The molecule has 1 aliphatic rings. The van der Waals surface area contributed by atoms with Gasteiger partial charge in [-0.05, 0) is 44.6 Å². The normalized spacial score (nSPS) is 23.3. The Labute approximate surface area is 131 Å². The third-order valence-electron chi connectivity index (χ3n) is 3.92. The molecule has 0 bridgehead atoms. The number of hydrogen-bond donors (Lipinski definition) is 3. The number of rotatable bonds is 7. The smallest absolute Gasteiger partial charge is 0.242 e. The molecule has 1 saturated carbocycles. The van der Waals surface area contributed by atoms with Crippen LogP contribution >= 0.6 is 11.8 Å². The zero-order valence-corrected chi connectivity index (χ0v) is 14.3. The first kappa shape index (κ1) is 16.9. The van der Waals surface area contributed by atoms with Gasteiger partial charge in [-0.2, -0.15) is 11.8 Å². The molecule has 0 unspecified atom stereocenters. The molecular formula is C14H25N3O2S2. The van der Waals surface area contributed by atoms with Crippen LogP contribution in [0.1, 0.15) is 38.3 Å². The molecule has 120 valence electrons. The van der Waals surface area contributed by atoms with Crippen LogP contribution in [0, 0.1) is 0 Å². The molecule has 0 aliphatic heterocycles. The highest BCUT2D eigenvalue weighted by Gasteiger charge is 2.25. The molecular weight excluding hydrogens is 306 g/mol. The van der Waals surface area contributed by atoms with E-state index in [0.29, 0.717) is 16.7 Å². The lowest BCUT2D eigenvalue weighted by Gasteiger charge is -2.27. The fourth-order valence-corrected chi connectivity index (χ4v) is 4.71. The average molecular weight is 332 g/mol. The number of thioether (sulfide) groups is 1. The number of nitrogens with one attached hydrogen (secondary N) is 3. The van der Waals surface area contributed by atoms with Gasteiger partial charge in [0.05, 0.1) is 4.90 Å². The molecule has 0 atom stereocenters. The number of sulfonamides is 1. The van der Waals surface area contributed by atoms with Crippen LogP contribution in [-0.2, 0) is 16.6 Å². The van der Waals surface area contributed by atoms with Crippen LogP contribution in [0.5, 0.6) is 0 Å². The summed E-state index contributed by atoms with van der Waals surface area (Å²) >= 11 is 1.88. The zero-order chi connectivity index (χ0) is 15.3. The molecule has 1 aliphatic carbocycles. The summed E-state index contributed by atoms with van der Waals surface area (Å²) < 4.78 is 27.6. The van der Waals surface area contributed by atoms with E-state index in [2.05, 4.69) is 21.3 Å². The van der Waals surface area contributed by atoms with Crippen molar-refractivity contribution in [3.05, 3.63) is 18.0 Å². The Morgan fingerprint density at radius 3 is 2.67 bits per heavy atom. The predicted octanol–water partition coefficient (Wildman–Crippen LogP) is 2.08. The molecule has 1 fully saturated rings. The van der Waals surface area contributed by atoms with Crippen LogP contribution < -0.4 is 10.0 Å². The summed E-state index contributed by atoms with van der Waals surface area (Å²) in [6.07, 6.45) is 7.74. The first-order valence-corrected chi connectivity index (χ1v) is 10.3. The summed E-state index contributed by atoms with van der Waals surface area (Å²) in [7, 11) is -3.40. The Bertz CT molecular complexity index is 534. The second-order valence-corrected chi connectivity index (χ2v) is 8.32. The van der Waals surface area contributed by atoms with Gasteiger partial charge in [0.1, 0.15) is 0 Å². The van der Waals surface area contributed by atoms with Gasteiger partial charge in [-0.1, -0.05) is 6.92 Å². The van der Waals surface area contributed by atoms with E-state index in [0.717, 1.165) is 37.9 Å². The lowest BCUT2D eigenvalue weighted by Crippen LogP contribution is -2.37. The van der Waals surface area contributed by atoms with Gasteiger partial charge >= 0.3 is 0 Å². The summed E-state index contributed by atoms with van der Waals surface area (Å²) in [5.74, 6) is 0. The molecule has 2 rings (SSSR count). The molecule has 3 N–H and O–H groups in total. The quantitative estimate of drug-likeness (QED) is 0.715. The third kappa shape index (κ3) is 4.74. The van der Waals surface area contributed by atoms with Crippen molar-refractivity contribution in [3.8, 4) is 0 Å². The van der Waals surface area contributed by atoms with E-state index in [1.807, 2.05) is 18.7 Å². The van der Waals surface area contributed by atoms with E-state index in [1.165, 1.54) is 0 Å². The van der Waals surface area contributed by atoms with Crippen LogP contribution in [0.2, 0.25) is 0 Å². The molecule has 0 radical (unpaired) electrons. The molecule has 1 aromatic rings. The van der Waals surface area contributed by atoms with E-state index in [1.54, 1.807) is 12.3 Å². The molecule has 1 aromatic heterocycles. The van der Waals surface area contributed by atoms with Gasteiger partial charge in [0.2, 0.25) is 10.0 Å². The summed E-state index contributed by atoms with van der Waals surface area (Å²) in [5, 5.41) is 3.86. The second kappa shape index (κ2) is 7.67. The van der Waals surface area contributed by atoms with Crippen LogP contribution in [0.25, 0.3) is 0 Å². The third-order valence-corrected chi connectivity index (χ3v) is 6.56. The SMILES string of the molecule is CCNCc1cc(S(=O)(=O)NC2CCC(SC)CC2)c[nH]1. The first-order chi connectivity index (χ1) is 10.0. The van der Waals surface area contributed by atoms with Gasteiger partial charge in [0.25, 0.3) is 0 Å². The van der Waals surface area contributed by atoms with E-state index in [-0.39, 0.29) is 6.04 Å². The number of H-pyrrole nitrogens is 1. The maximum Gasteiger partial charge on any atom is 0.242 e. The highest BCUT2D eigenvalue weighted by atomic mass is 32.2. The predicted molar refractivity (Wildman–Crippen MR) is 88.1 cm³/mol. The van der Waals surface area contributed by atoms with Crippen molar-refractivity contribution in [2.45, 2.75) is 55.3 Å². The standard InChI is InChI=1S/C14H25N3O2S2/c1-3-15-9-12-8-14(10-16-12)21(18,19)17-11-4-6-13(20-2)7-5-11/h8,10-11,13,15-17H,3-7,9H2,1-2H3. The Morgan fingerprint density at radius 1 is 1.33 bits per heavy atom. The van der Waals surface area contributed by atoms with Gasteiger partial charge in [0.15, 0.2) is 0 Å². The topological polar surface area (TPSA) is 74.0 Å². The lowest BCUT2D eigenvalue weighted by molar-refractivity contribution is 0.420. The van der Waals surface area contributed by atoms with E-state index >= 15 is 0 Å². The molecule has 0 spiro atoms. The Balaban J connectivity index is 1.94. The van der Waals surface area contributed by atoms with Gasteiger partial charge < -0.3 is 10.3 Å². The van der Waals surface area contributed by atoms with Crippen LogP contribution in [0.3, 0.4) is 0 Å². The van der Waals surface area contributed by atoms with Crippen LogP contribution in [0.4, 0.5) is 0 Å². The number of aromatic nitrogens is 1. The highest BCUT2D eigenvalue weighted by Crippen LogP contribution is 2.27. The van der Waals surface area contributed by atoms with Gasteiger partial charge in [0, 0.05) is 29.7 Å². The fourth-order valence-electron chi connectivity index (χ4n) is 2.64. The van der Waals surface area contributed by atoms with Gasteiger partial charge in [-0.25, -0.2) is 13.1 Å². The summed E-state index contributed by atoms with van der Waals surface area (Å²) in [6, 6.07) is 1.78. The highest BCUT2D eigenvalue weighted by molar-refractivity contribution is 7.99. The largest absolute Gasteiger partial charge is 0.363 e. The molecule has 0 saturated heterocycles. The lowest BCUT2D eigenvalue weighted by atomic mass is 9.96. The van der Waals surface area contributed by atoms with Crippen molar-refractivity contribution in [1.29, 1.82) is 0 Å². The Kier molecular flexibility index (Phi) is 6.16. The van der Waals surface area contributed by atoms with Crippen molar-refractivity contribution in [3.63, 3.8) is 0 Å². The molecule has 1 heterocycles. The van der Waals surface area contributed by atoms with Crippen molar-refractivity contribution in [2.24, 2.45) is 0 Å². The van der Waals surface area contributed by atoms with Crippen molar-refractivity contribution < 1.29 is 8.42 Å². The van der Waals surface area contributed by atoms with Crippen molar-refractivity contribution >= 4 is 21.8 Å². The summed E-state index contributed by atoms with van der Waals surface area (Å²) in [5.41, 5.74) is 0.892. The minimum absolute atomic E-state index is 0.0746. The molecule has 0 aromatic carbocycles. The first-order valence-electron chi connectivity index (χ1n) is 7.48.